The fraction of sp³-hybridized carbons (Fsp3) is 0.571. The van der Waals surface area contributed by atoms with Crippen LogP contribution in [-0.2, 0) is 4.74 Å². The molecule has 0 spiro atoms. The van der Waals surface area contributed by atoms with Crippen LogP contribution in [0.2, 0.25) is 0 Å². The van der Waals surface area contributed by atoms with Crippen LogP contribution in [0.1, 0.15) is 25.5 Å². The first kappa shape index (κ1) is 12.4. The molecule has 1 N–H and O–H groups in total. The van der Waals surface area contributed by atoms with Gasteiger partial charge >= 0.3 is 0 Å². The summed E-state index contributed by atoms with van der Waals surface area (Å²) in [5.74, 6) is 1.55. The van der Waals surface area contributed by atoms with Crippen molar-refractivity contribution in [2.45, 2.75) is 25.9 Å². The maximum Gasteiger partial charge on any atom is 0.124 e. The highest BCUT2D eigenvalue weighted by molar-refractivity contribution is 5.39. The van der Waals surface area contributed by atoms with Gasteiger partial charge in [0.1, 0.15) is 12.4 Å². The quantitative estimate of drug-likeness (QED) is 0.850. The van der Waals surface area contributed by atoms with Crippen molar-refractivity contribution in [3.05, 3.63) is 29.8 Å². The summed E-state index contributed by atoms with van der Waals surface area (Å²) >= 11 is 0. The van der Waals surface area contributed by atoms with Crippen LogP contribution in [-0.4, -0.2) is 26.4 Å². The lowest BCUT2D eigenvalue weighted by Gasteiger charge is -2.25. The van der Waals surface area contributed by atoms with Gasteiger partial charge in [0.2, 0.25) is 0 Å². The van der Waals surface area contributed by atoms with Gasteiger partial charge in [0, 0.05) is 18.7 Å². The smallest absolute Gasteiger partial charge is 0.124 e. The molecule has 1 aromatic rings. The summed E-state index contributed by atoms with van der Waals surface area (Å²) in [7, 11) is 1.75. The molecule has 2 unspecified atom stereocenters. The monoisotopic (exact) mass is 235 g/mol. The Labute approximate surface area is 103 Å². The van der Waals surface area contributed by atoms with Crippen LogP contribution in [0.5, 0.6) is 5.75 Å². The second kappa shape index (κ2) is 5.52. The van der Waals surface area contributed by atoms with E-state index in [4.69, 9.17) is 9.47 Å². The van der Waals surface area contributed by atoms with Gasteiger partial charge in [0.05, 0.1) is 12.6 Å². The van der Waals surface area contributed by atoms with Gasteiger partial charge in [-0.2, -0.15) is 0 Å². The van der Waals surface area contributed by atoms with Crippen molar-refractivity contribution in [3.63, 3.8) is 0 Å². The molecule has 3 heteroatoms. The van der Waals surface area contributed by atoms with E-state index in [2.05, 4.69) is 31.3 Å². The predicted molar refractivity (Wildman–Crippen MR) is 68.3 cm³/mol. The Hall–Kier alpha value is -1.06. The highest BCUT2D eigenvalue weighted by Gasteiger charge is 2.26. The van der Waals surface area contributed by atoms with E-state index in [0.717, 1.165) is 12.4 Å². The van der Waals surface area contributed by atoms with E-state index >= 15 is 0 Å². The van der Waals surface area contributed by atoms with Gasteiger partial charge in [0.25, 0.3) is 0 Å². The lowest BCUT2D eigenvalue weighted by molar-refractivity contribution is 0.136. The van der Waals surface area contributed by atoms with Crippen molar-refractivity contribution >= 4 is 0 Å². The fourth-order valence-electron chi connectivity index (χ4n) is 2.17. The van der Waals surface area contributed by atoms with Crippen LogP contribution < -0.4 is 10.1 Å². The first-order valence-corrected chi connectivity index (χ1v) is 6.19. The Morgan fingerprint density at radius 2 is 2.18 bits per heavy atom. The third kappa shape index (κ3) is 2.79. The molecule has 3 nitrogen and oxygen atoms in total. The average Bonchev–Trinajstić information content (AvgIpc) is 2.72. The molecule has 94 valence electrons. The minimum Gasteiger partial charge on any atom is -0.491 e. The normalized spacial score (nSPS) is 20.1. The average molecular weight is 235 g/mol. The zero-order valence-electron chi connectivity index (χ0n) is 10.8. The molecule has 0 bridgehead atoms. The molecule has 0 aliphatic carbocycles. The molecular weight excluding hydrogens is 214 g/mol. The molecule has 0 radical (unpaired) electrons. The van der Waals surface area contributed by atoms with E-state index in [-0.39, 0.29) is 6.04 Å². The topological polar surface area (TPSA) is 30.5 Å². The molecule has 0 saturated heterocycles. The molecule has 1 heterocycles. The lowest BCUT2D eigenvalue weighted by Crippen LogP contribution is -2.40. The van der Waals surface area contributed by atoms with Crippen LogP contribution >= 0.6 is 0 Å². The number of ether oxygens (including phenoxy) is 2. The predicted octanol–water partition coefficient (Wildman–Crippen LogP) is 2.38. The molecule has 1 aliphatic heterocycles. The van der Waals surface area contributed by atoms with Crippen LogP contribution in [0.4, 0.5) is 0 Å². The lowest BCUT2D eigenvalue weighted by atomic mass is 10.0. The van der Waals surface area contributed by atoms with E-state index in [1.54, 1.807) is 7.11 Å². The van der Waals surface area contributed by atoms with E-state index in [0.29, 0.717) is 18.6 Å². The molecule has 0 aromatic heterocycles. The van der Waals surface area contributed by atoms with Gasteiger partial charge in [-0.25, -0.2) is 0 Å². The van der Waals surface area contributed by atoms with Crippen molar-refractivity contribution < 1.29 is 9.47 Å². The summed E-state index contributed by atoms with van der Waals surface area (Å²) in [5.41, 5.74) is 1.26. The summed E-state index contributed by atoms with van der Waals surface area (Å²) < 4.78 is 10.9. The van der Waals surface area contributed by atoms with Crippen LogP contribution in [0.15, 0.2) is 24.3 Å². The van der Waals surface area contributed by atoms with Crippen LogP contribution in [0.3, 0.4) is 0 Å². The van der Waals surface area contributed by atoms with Crippen molar-refractivity contribution in [2.24, 2.45) is 5.92 Å². The minimum absolute atomic E-state index is 0.286. The SMILES string of the molecule is COCC(NC1COc2ccccc21)C(C)C. The molecule has 17 heavy (non-hydrogen) atoms. The molecule has 2 atom stereocenters. The van der Waals surface area contributed by atoms with E-state index in [9.17, 15) is 0 Å². The van der Waals surface area contributed by atoms with Gasteiger partial charge < -0.3 is 14.8 Å². The fourth-order valence-corrected chi connectivity index (χ4v) is 2.17. The zero-order valence-corrected chi connectivity index (χ0v) is 10.8. The van der Waals surface area contributed by atoms with Gasteiger partial charge in [-0.05, 0) is 12.0 Å². The summed E-state index contributed by atoms with van der Waals surface area (Å²) in [6, 6.07) is 8.87. The Kier molecular flexibility index (Phi) is 4.02. The van der Waals surface area contributed by atoms with Gasteiger partial charge in [-0.3, -0.25) is 0 Å². The highest BCUT2D eigenvalue weighted by atomic mass is 16.5. The molecule has 2 rings (SSSR count). The van der Waals surface area contributed by atoms with Crippen LogP contribution in [0, 0.1) is 5.92 Å². The number of hydrogen-bond donors (Lipinski definition) is 1. The molecule has 1 aromatic carbocycles. The Morgan fingerprint density at radius 3 is 2.88 bits per heavy atom. The number of benzene rings is 1. The molecule has 1 aliphatic rings. The number of hydrogen-bond acceptors (Lipinski definition) is 3. The summed E-state index contributed by atoms with van der Waals surface area (Å²) in [5, 5.41) is 3.62. The molecular formula is C14H21NO2. The number of fused-ring (bicyclic) bond motifs is 1. The van der Waals surface area contributed by atoms with Crippen molar-refractivity contribution in [2.75, 3.05) is 20.3 Å². The van der Waals surface area contributed by atoms with Crippen molar-refractivity contribution in [3.8, 4) is 5.75 Å². The van der Waals surface area contributed by atoms with E-state index < -0.39 is 0 Å². The van der Waals surface area contributed by atoms with Crippen LogP contribution in [0.25, 0.3) is 0 Å². The van der Waals surface area contributed by atoms with Gasteiger partial charge in [0.15, 0.2) is 0 Å². The molecule has 0 amide bonds. The first-order valence-electron chi connectivity index (χ1n) is 6.19. The number of nitrogens with one attached hydrogen (secondary N) is 1. The largest absolute Gasteiger partial charge is 0.491 e. The Bertz CT molecular complexity index is 365. The van der Waals surface area contributed by atoms with Gasteiger partial charge in [-0.15, -0.1) is 0 Å². The van der Waals surface area contributed by atoms with E-state index in [1.165, 1.54) is 5.56 Å². The maximum atomic E-state index is 5.67. The number of rotatable bonds is 5. The summed E-state index contributed by atoms with van der Waals surface area (Å²) in [6.07, 6.45) is 0. The zero-order chi connectivity index (χ0) is 12.3. The standard InChI is InChI=1S/C14H21NO2/c1-10(2)12(8-16-3)15-13-9-17-14-7-5-4-6-11(13)14/h4-7,10,12-13,15H,8-9H2,1-3H3. The maximum absolute atomic E-state index is 5.67. The Balaban J connectivity index is 2.05. The second-order valence-corrected chi connectivity index (χ2v) is 4.87. The van der Waals surface area contributed by atoms with Crippen molar-refractivity contribution in [1.82, 2.24) is 5.32 Å². The second-order valence-electron chi connectivity index (χ2n) is 4.87. The number of para-hydroxylation sites is 1. The van der Waals surface area contributed by atoms with Gasteiger partial charge in [-0.1, -0.05) is 32.0 Å². The Morgan fingerprint density at radius 1 is 1.41 bits per heavy atom. The first-order chi connectivity index (χ1) is 8.22. The summed E-state index contributed by atoms with van der Waals surface area (Å²) in [6.45, 7) is 5.86. The molecule has 0 fully saturated rings. The highest BCUT2D eigenvalue weighted by Crippen LogP contribution is 2.32. The summed E-state index contributed by atoms with van der Waals surface area (Å²) in [4.78, 5) is 0. The van der Waals surface area contributed by atoms with Crippen molar-refractivity contribution in [1.29, 1.82) is 0 Å². The van der Waals surface area contributed by atoms with E-state index in [1.807, 2.05) is 12.1 Å². The number of methoxy groups -OCH3 is 1. The third-order valence-electron chi connectivity index (χ3n) is 3.27. The molecule has 0 saturated carbocycles. The minimum atomic E-state index is 0.286. The third-order valence-corrected chi connectivity index (χ3v) is 3.27.